The summed E-state index contributed by atoms with van der Waals surface area (Å²) in [5, 5.41) is 3.40. The Kier molecular flexibility index (Phi) is 7.67. The van der Waals surface area contributed by atoms with Crippen LogP contribution in [0.15, 0.2) is 54.6 Å². The number of halogens is 1. The van der Waals surface area contributed by atoms with E-state index in [1.807, 2.05) is 62.4 Å². The molecule has 0 bridgehead atoms. The summed E-state index contributed by atoms with van der Waals surface area (Å²) in [4.78, 5) is 27.2. The van der Waals surface area contributed by atoms with Gasteiger partial charge in [-0.3, -0.25) is 9.59 Å². The molecule has 2 rings (SSSR count). The molecule has 0 aliphatic carbocycles. The lowest BCUT2D eigenvalue weighted by atomic mass is 10.1. The highest BCUT2D eigenvalue weighted by atomic mass is 35.5. The number of nitrogens with one attached hydrogen (secondary N) is 1. The van der Waals surface area contributed by atoms with Crippen molar-refractivity contribution < 1.29 is 9.59 Å². The van der Waals surface area contributed by atoms with Crippen molar-refractivity contribution in [2.75, 3.05) is 6.54 Å². The number of benzene rings is 2. The van der Waals surface area contributed by atoms with Crippen molar-refractivity contribution in [3.63, 3.8) is 0 Å². The van der Waals surface area contributed by atoms with Crippen LogP contribution < -0.4 is 5.32 Å². The first-order chi connectivity index (χ1) is 12.6. The van der Waals surface area contributed by atoms with Crippen molar-refractivity contribution in [2.24, 2.45) is 0 Å². The van der Waals surface area contributed by atoms with Crippen molar-refractivity contribution in [3.05, 3.63) is 70.7 Å². The minimum atomic E-state index is -0.509. The zero-order chi connectivity index (χ0) is 18.9. The monoisotopic (exact) mass is 372 g/mol. The molecule has 1 N–H and O–H groups in total. The van der Waals surface area contributed by atoms with Crippen molar-refractivity contribution in [3.8, 4) is 0 Å². The van der Waals surface area contributed by atoms with Gasteiger partial charge in [0.2, 0.25) is 11.8 Å². The van der Waals surface area contributed by atoms with E-state index in [-0.39, 0.29) is 18.2 Å². The maximum Gasteiger partial charge on any atom is 0.242 e. The molecular formula is C21H25ClN2O2. The second kappa shape index (κ2) is 9.97. The zero-order valence-electron chi connectivity index (χ0n) is 15.2. The van der Waals surface area contributed by atoms with Crippen LogP contribution in [0.2, 0.25) is 5.02 Å². The molecule has 4 nitrogen and oxygen atoms in total. The maximum atomic E-state index is 13.1. The molecule has 2 amide bonds. The van der Waals surface area contributed by atoms with Crippen LogP contribution >= 0.6 is 11.6 Å². The number of nitrogens with zero attached hydrogens (tertiary/aromatic N) is 1. The van der Waals surface area contributed by atoms with Crippen molar-refractivity contribution in [1.82, 2.24) is 10.2 Å². The quantitative estimate of drug-likeness (QED) is 0.765. The molecule has 2 aromatic rings. The highest BCUT2D eigenvalue weighted by molar-refractivity contribution is 6.31. The summed E-state index contributed by atoms with van der Waals surface area (Å²) < 4.78 is 0. The number of carbonyl (C=O) groups is 2. The Morgan fingerprint density at radius 1 is 1.04 bits per heavy atom. The van der Waals surface area contributed by atoms with Crippen LogP contribution in [0.5, 0.6) is 0 Å². The minimum absolute atomic E-state index is 0.111. The summed E-state index contributed by atoms with van der Waals surface area (Å²) in [6.07, 6.45) is 0.718. The molecule has 0 fully saturated rings. The third-order valence-corrected chi connectivity index (χ3v) is 4.60. The lowest BCUT2D eigenvalue weighted by Gasteiger charge is -2.30. The first-order valence-electron chi connectivity index (χ1n) is 8.91. The van der Waals surface area contributed by atoms with E-state index in [0.717, 1.165) is 11.1 Å². The average molecular weight is 373 g/mol. The van der Waals surface area contributed by atoms with Crippen LogP contribution in [0.3, 0.4) is 0 Å². The van der Waals surface area contributed by atoms with Gasteiger partial charge in [-0.15, -0.1) is 0 Å². The fourth-order valence-corrected chi connectivity index (χ4v) is 3.10. The lowest BCUT2D eigenvalue weighted by molar-refractivity contribution is -0.140. The molecule has 0 unspecified atom stereocenters. The molecule has 0 heterocycles. The molecule has 0 saturated heterocycles. The summed E-state index contributed by atoms with van der Waals surface area (Å²) in [6, 6.07) is 16.5. The van der Waals surface area contributed by atoms with Crippen LogP contribution in [0, 0.1) is 0 Å². The Labute approximate surface area is 160 Å². The third-order valence-electron chi connectivity index (χ3n) is 4.23. The van der Waals surface area contributed by atoms with Crippen LogP contribution in [0.25, 0.3) is 0 Å². The molecule has 0 aliphatic heterocycles. The summed E-state index contributed by atoms with van der Waals surface area (Å²) >= 11 is 6.21. The first kappa shape index (κ1) is 20.0. The van der Waals surface area contributed by atoms with Crippen molar-refractivity contribution in [1.29, 1.82) is 0 Å². The van der Waals surface area contributed by atoms with Gasteiger partial charge >= 0.3 is 0 Å². The molecule has 138 valence electrons. The van der Waals surface area contributed by atoms with Crippen molar-refractivity contribution >= 4 is 23.4 Å². The van der Waals surface area contributed by atoms with Gasteiger partial charge in [0.15, 0.2) is 0 Å². The van der Waals surface area contributed by atoms with E-state index < -0.39 is 6.04 Å². The van der Waals surface area contributed by atoms with Crippen LogP contribution in [0.1, 0.15) is 31.4 Å². The van der Waals surface area contributed by atoms with E-state index in [4.69, 9.17) is 11.6 Å². The smallest absolute Gasteiger partial charge is 0.242 e. The maximum absolute atomic E-state index is 13.1. The van der Waals surface area contributed by atoms with Crippen LogP contribution in [-0.2, 0) is 22.6 Å². The Bertz CT molecular complexity index is 734. The number of hydrogen-bond donors (Lipinski definition) is 1. The van der Waals surface area contributed by atoms with E-state index in [1.165, 1.54) is 0 Å². The Morgan fingerprint density at radius 2 is 1.69 bits per heavy atom. The second-order valence-corrected chi connectivity index (χ2v) is 6.50. The lowest BCUT2D eigenvalue weighted by Crippen LogP contribution is -2.49. The van der Waals surface area contributed by atoms with E-state index >= 15 is 0 Å². The molecule has 5 heteroatoms. The summed E-state index contributed by atoms with van der Waals surface area (Å²) in [5.74, 6) is -0.238. The number of hydrogen-bond acceptors (Lipinski definition) is 2. The molecule has 0 aromatic heterocycles. The van der Waals surface area contributed by atoms with Gasteiger partial charge in [-0.2, -0.15) is 0 Å². The van der Waals surface area contributed by atoms with Crippen molar-refractivity contribution in [2.45, 2.75) is 39.3 Å². The summed E-state index contributed by atoms with van der Waals surface area (Å²) in [6.45, 7) is 4.71. The van der Waals surface area contributed by atoms with Crippen LogP contribution in [0.4, 0.5) is 0 Å². The Balaban J connectivity index is 2.27. The molecule has 0 spiro atoms. The van der Waals surface area contributed by atoms with E-state index in [0.29, 0.717) is 24.5 Å². The van der Waals surface area contributed by atoms with Gasteiger partial charge in [-0.1, -0.05) is 67.1 Å². The molecule has 26 heavy (non-hydrogen) atoms. The molecule has 0 aliphatic rings. The van der Waals surface area contributed by atoms with Gasteiger partial charge in [-0.25, -0.2) is 0 Å². The Hall–Kier alpha value is -2.33. The highest BCUT2D eigenvalue weighted by Crippen LogP contribution is 2.19. The fourth-order valence-electron chi connectivity index (χ4n) is 2.90. The minimum Gasteiger partial charge on any atom is -0.355 e. The van der Waals surface area contributed by atoms with Gasteiger partial charge in [0.05, 0.1) is 6.42 Å². The first-order valence-corrected chi connectivity index (χ1v) is 9.29. The zero-order valence-corrected chi connectivity index (χ0v) is 16.0. The predicted molar refractivity (Wildman–Crippen MR) is 105 cm³/mol. The molecule has 1 atom stereocenters. The van der Waals surface area contributed by atoms with Gasteiger partial charge in [0, 0.05) is 18.1 Å². The van der Waals surface area contributed by atoms with E-state index in [2.05, 4.69) is 5.32 Å². The predicted octanol–water partition coefficient (Wildman–Crippen LogP) is 3.83. The normalized spacial score (nSPS) is 11.7. The number of likely N-dealkylation sites (N-methyl/N-ethyl adjacent to an activating group) is 1. The van der Waals surface area contributed by atoms with Gasteiger partial charge in [-0.05, 0) is 30.5 Å². The van der Waals surface area contributed by atoms with E-state index in [1.54, 1.807) is 11.0 Å². The summed E-state index contributed by atoms with van der Waals surface area (Å²) in [5.41, 5.74) is 1.76. The van der Waals surface area contributed by atoms with Crippen LogP contribution in [-0.4, -0.2) is 29.3 Å². The molecule has 0 saturated carbocycles. The van der Waals surface area contributed by atoms with Gasteiger partial charge < -0.3 is 10.2 Å². The largest absolute Gasteiger partial charge is 0.355 e. The topological polar surface area (TPSA) is 49.4 Å². The molecular weight excluding hydrogens is 348 g/mol. The Morgan fingerprint density at radius 3 is 2.31 bits per heavy atom. The molecule has 0 radical (unpaired) electrons. The second-order valence-electron chi connectivity index (χ2n) is 6.09. The highest BCUT2D eigenvalue weighted by Gasteiger charge is 2.28. The number of carbonyl (C=O) groups excluding carboxylic acids is 2. The molecule has 2 aromatic carbocycles. The van der Waals surface area contributed by atoms with Gasteiger partial charge in [0.1, 0.15) is 6.04 Å². The summed E-state index contributed by atoms with van der Waals surface area (Å²) in [7, 11) is 0. The number of amides is 2. The van der Waals surface area contributed by atoms with E-state index in [9.17, 15) is 9.59 Å². The third kappa shape index (κ3) is 5.33. The SMILES string of the molecule is CCNC(=O)[C@@H](CC)N(Cc1ccccc1)C(=O)Cc1ccccc1Cl. The fraction of sp³-hybridized carbons (Fsp3) is 0.333. The average Bonchev–Trinajstić information content (AvgIpc) is 2.64. The number of rotatable bonds is 8. The standard InChI is InChI=1S/C21H25ClN2O2/c1-3-19(21(26)23-4-2)24(15-16-10-6-5-7-11-16)20(25)14-17-12-8-9-13-18(17)22/h5-13,19H,3-4,14-15H2,1-2H3,(H,23,26)/t19-/m1/s1. The van der Waals surface area contributed by atoms with Gasteiger partial charge in [0.25, 0.3) is 0 Å².